The first kappa shape index (κ1) is 18.9. The monoisotopic (exact) mass is 391 g/mol. The Labute approximate surface area is 168 Å². The standard InChI is InChI=1S/C22H22FN5O/c1-16-12-25-28(13-16)11-10-22(29)26-20(17-6-8-18(23)9-7-17)14-27-15-24-19-4-2-3-5-21(19)27/h2-9,12-13,15,20H,10-11,14H2,1H3,(H,26,29). The smallest absolute Gasteiger partial charge is 0.222 e. The van der Waals surface area contributed by atoms with Crippen LogP contribution in [-0.2, 0) is 17.9 Å². The molecule has 0 saturated heterocycles. The van der Waals surface area contributed by atoms with Crippen LogP contribution < -0.4 is 5.32 Å². The van der Waals surface area contributed by atoms with E-state index in [-0.39, 0.29) is 17.8 Å². The highest BCUT2D eigenvalue weighted by Gasteiger charge is 2.17. The van der Waals surface area contributed by atoms with Crippen molar-refractivity contribution in [3.63, 3.8) is 0 Å². The van der Waals surface area contributed by atoms with Crippen molar-refractivity contribution in [3.05, 3.63) is 84.2 Å². The molecule has 148 valence electrons. The summed E-state index contributed by atoms with van der Waals surface area (Å²) >= 11 is 0. The van der Waals surface area contributed by atoms with Crippen molar-refractivity contribution in [3.8, 4) is 0 Å². The lowest BCUT2D eigenvalue weighted by Crippen LogP contribution is -2.32. The predicted octanol–water partition coefficient (Wildman–Crippen LogP) is 3.63. The number of amides is 1. The molecule has 0 aliphatic heterocycles. The van der Waals surface area contributed by atoms with Gasteiger partial charge in [-0.3, -0.25) is 9.48 Å². The molecule has 0 fully saturated rings. The van der Waals surface area contributed by atoms with Gasteiger partial charge in [0.1, 0.15) is 5.82 Å². The Morgan fingerprint density at radius 1 is 1.17 bits per heavy atom. The summed E-state index contributed by atoms with van der Waals surface area (Å²) in [5.41, 5.74) is 3.78. The number of carbonyl (C=O) groups is 1. The second-order valence-corrected chi connectivity index (χ2v) is 7.09. The third-order valence-electron chi connectivity index (χ3n) is 4.84. The van der Waals surface area contributed by atoms with Crippen molar-refractivity contribution in [2.24, 2.45) is 0 Å². The first-order valence-corrected chi connectivity index (χ1v) is 9.52. The summed E-state index contributed by atoms with van der Waals surface area (Å²) in [6.45, 7) is 2.96. The highest BCUT2D eigenvalue weighted by molar-refractivity contribution is 5.77. The molecule has 2 heterocycles. The van der Waals surface area contributed by atoms with E-state index >= 15 is 0 Å². The minimum Gasteiger partial charge on any atom is -0.347 e. The van der Waals surface area contributed by atoms with Crippen molar-refractivity contribution in [1.82, 2.24) is 24.6 Å². The van der Waals surface area contributed by atoms with Gasteiger partial charge >= 0.3 is 0 Å². The third kappa shape index (κ3) is 4.51. The topological polar surface area (TPSA) is 64.7 Å². The molecular formula is C22H22FN5O. The van der Waals surface area contributed by atoms with Crippen LogP contribution in [0.5, 0.6) is 0 Å². The molecule has 1 N–H and O–H groups in total. The summed E-state index contributed by atoms with van der Waals surface area (Å²) in [5, 5.41) is 7.29. The van der Waals surface area contributed by atoms with Gasteiger partial charge in [0.2, 0.25) is 5.91 Å². The van der Waals surface area contributed by atoms with Crippen LogP contribution in [0.15, 0.2) is 67.3 Å². The number of hydrogen-bond acceptors (Lipinski definition) is 3. The quantitative estimate of drug-likeness (QED) is 0.523. The van der Waals surface area contributed by atoms with Crippen LogP contribution in [0, 0.1) is 12.7 Å². The number of rotatable bonds is 7. The van der Waals surface area contributed by atoms with Crippen molar-refractivity contribution in [2.45, 2.75) is 32.5 Å². The van der Waals surface area contributed by atoms with E-state index < -0.39 is 0 Å². The van der Waals surface area contributed by atoms with E-state index in [0.717, 1.165) is 22.2 Å². The van der Waals surface area contributed by atoms with Crippen molar-refractivity contribution in [1.29, 1.82) is 0 Å². The number of nitrogens with zero attached hydrogens (tertiary/aromatic N) is 4. The van der Waals surface area contributed by atoms with E-state index in [1.807, 2.05) is 42.0 Å². The fraction of sp³-hybridized carbons (Fsp3) is 0.227. The summed E-state index contributed by atoms with van der Waals surface area (Å²) in [5.74, 6) is -0.391. The van der Waals surface area contributed by atoms with E-state index in [9.17, 15) is 9.18 Å². The fourth-order valence-electron chi connectivity index (χ4n) is 3.35. The molecule has 0 aliphatic carbocycles. The highest BCUT2D eigenvalue weighted by atomic mass is 19.1. The van der Waals surface area contributed by atoms with Gasteiger partial charge in [-0.05, 0) is 42.3 Å². The molecule has 0 aliphatic rings. The lowest BCUT2D eigenvalue weighted by atomic mass is 10.1. The lowest BCUT2D eigenvalue weighted by molar-refractivity contribution is -0.122. The molecule has 1 atom stereocenters. The highest BCUT2D eigenvalue weighted by Crippen LogP contribution is 2.20. The second-order valence-electron chi connectivity index (χ2n) is 7.09. The zero-order chi connectivity index (χ0) is 20.2. The number of benzene rings is 2. The minimum atomic E-state index is -0.305. The van der Waals surface area contributed by atoms with Gasteiger partial charge < -0.3 is 9.88 Å². The summed E-state index contributed by atoms with van der Waals surface area (Å²) in [7, 11) is 0. The largest absolute Gasteiger partial charge is 0.347 e. The average Bonchev–Trinajstić information content (AvgIpc) is 3.33. The number of aryl methyl sites for hydroxylation is 2. The van der Waals surface area contributed by atoms with Crippen LogP contribution in [0.1, 0.15) is 23.6 Å². The lowest BCUT2D eigenvalue weighted by Gasteiger charge is -2.20. The Morgan fingerprint density at radius 3 is 2.72 bits per heavy atom. The average molecular weight is 391 g/mol. The number of para-hydroxylation sites is 2. The number of halogens is 1. The van der Waals surface area contributed by atoms with E-state index in [2.05, 4.69) is 15.4 Å². The first-order chi connectivity index (χ1) is 14.1. The number of hydrogen-bond donors (Lipinski definition) is 1. The van der Waals surface area contributed by atoms with E-state index in [1.54, 1.807) is 29.3 Å². The minimum absolute atomic E-state index is 0.0862. The molecule has 1 amide bonds. The maximum atomic E-state index is 13.4. The van der Waals surface area contributed by atoms with Gasteiger partial charge in [-0.25, -0.2) is 9.37 Å². The summed E-state index contributed by atoms with van der Waals surface area (Å²) in [6.07, 6.45) is 5.75. The summed E-state index contributed by atoms with van der Waals surface area (Å²) < 4.78 is 17.2. The Bertz CT molecular complexity index is 1120. The molecule has 4 rings (SSSR count). The zero-order valence-corrected chi connectivity index (χ0v) is 16.1. The fourth-order valence-corrected chi connectivity index (χ4v) is 3.35. The van der Waals surface area contributed by atoms with Crippen molar-refractivity contribution < 1.29 is 9.18 Å². The molecular weight excluding hydrogens is 369 g/mol. The number of carbonyl (C=O) groups excluding carboxylic acids is 1. The second kappa shape index (κ2) is 8.26. The number of imidazole rings is 1. The molecule has 0 bridgehead atoms. The SMILES string of the molecule is Cc1cnn(CCC(=O)NC(Cn2cnc3ccccc32)c2ccc(F)cc2)c1. The Kier molecular flexibility index (Phi) is 5.37. The molecule has 6 nitrogen and oxygen atoms in total. The Balaban J connectivity index is 1.51. The molecule has 2 aromatic heterocycles. The van der Waals surface area contributed by atoms with Crippen molar-refractivity contribution >= 4 is 16.9 Å². The van der Waals surface area contributed by atoms with Gasteiger partial charge in [0.15, 0.2) is 0 Å². The Hall–Kier alpha value is -3.48. The van der Waals surface area contributed by atoms with Gasteiger partial charge in [0.05, 0.1) is 29.6 Å². The number of nitrogens with one attached hydrogen (secondary N) is 1. The van der Waals surface area contributed by atoms with Crippen LogP contribution in [0.25, 0.3) is 11.0 Å². The van der Waals surface area contributed by atoms with Crippen LogP contribution in [0.2, 0.25) is 0 Å². The first-order valence-electron chi connectivity index (χ1n) is 9.52. The summed E-state index contributed by atoms with van der Waals surface area (Å²) in [6, 6.07) is 13.8. The molecule has 2 aromatic carbocycles. The van der Waals surface area contributed by atoms with E-state index in [4.69, 9.17) is 0 Å². The van der Waals surface area contributed by atoms with Gasteiger partial charge in [0, 0.05) is 25.7 Å². The third-order valence-corrected chi connectivity index (χ3v) is 4.84. The van der Waals surface area contributed by atoms with Gasteiger partial charge in [-0.1, -0.05) is 24.3 Å². The van der Waals surface area contributed by atoms with Crippen molar-refractivity contribution in [2.75, 3.05) is 0 Å². The zero-order valence-electron chi connectivity index (χ0n) is 16.1. The maximum absolute atomic E-state index is 13.4. The van der Waals surface area contributed by atoms with Gasteiger partial charge in [-0.15, -0.1) is 0 Å². The molecule has 1 unspecified atom stereocenters. The Morgan fingerprint density at radius 2 is 1.97 bits per heavy atom. The molecule has 7 heteroatoms. The number of fused-ring (bicyclic) bond motifs is 1. The summed E-state index contributed by atoms with van der Waals surface area (Å²) in [4.78, 5) is 17.0. The van der Waals surface area contributed by atoms with Gasteiger partial charge in [0.25, 0.3) is 0 Å². The van der Waals surface area contributed by atoms with Crippen LogP contribution in [0.3, 0.4) is 0 Å². The molecule has 0 radical (unpaired) electrons. The molecule has 0 saturated carbocycles. The molecule has 29 heavy (non-hydrogen) atoms. The van der Waals surface area contributed by atoms with Crippen LogP contribution in [0.4, 0.5) is 4.39 Å². The predicted molar refractivity (Wildman–Crippen MR) is 109 cm³/mol. The van der Waals surface area contributed by atoms with Gasteiger partial charge in [-0.2, -0.15) is 5.10 Å². The normalized spacial score (nSPS) is 12.2. The number of aromatic nitrogens is 4. The molecule has 0 spiro atoms. The van der Waals surface area contributed by atoms with E-state index in [0.29, 0.717) is 19.5 Å². The van der Waals surface area contributed by atoms with Crippen LogP contribution in [-0.4, -0.2) is 25.2 Å². The maximum Gasteiger partial charge on any atom is 0.222 e. The van der Waals surface area contributed by atoms with E-state index in [1.165, 1.54) is 12.1 Å². The molecule has 4 aromatic rings. The van der Waals surface area contributed by atoms with Crippen LogP contribution >= 0.6 is 0 Å².